The number of nitrogens with one attached hydrogen (secondary N) is 1. The number of unbranched alkanes of at least 4 members (excludes halogenated alkanes) is 2. The van der Waals surface area contributed by atoms with Gasteiger partial charge in [0, 0.05) is 6.04 Å². The van der Waals surface area contributed by atoms with Crippen molar-refractivity contribution in [3.05, 3.63) is 35.4 Å². The minimum Gasteiger partial charge on any atom is -0.481 e. The lowest BCUT2D eigenvalue weighted by molar-refractivity contribution is -0.138. The Bertz CT molecular complexity index is 403. The van der Waals surface area contributed by atoms with Crippen LogP contribution >= 0.6 is 0 Å². The Morgan fingerprint density at radius 1 is 1.25 bits per heavy atom. The topological polar surface area (TPSA) is 69.6 Å². The van der Waals surface area contributed by atoms with Gasteiger partial charge in [-0.2, -0.15) is 0 Å². The molecule has 20 heavy (non-hydrogen) atoms. The standard InChI is InChI=1S/C16H25NO3/c1-3-4-5-10-17-14(11-15(18)19)16(20)13-8-6-12(2)7-9-13/h6-9,14,16-17,20H,3-5,10-11H2,1-2H3,(H,18,19). The second-order valence-electron chi connectivity index (χ2n) is 5.22. The molecule has 2 atom stereocenters. The van der Waals surface area contributed by atoms with Gasteiger partial charge in [-0.15, -0.1) is 0 Å². The van der Waals surface area contributed by atoms with Crippen molar-refractivity contribution in [2.45, 2.75) is 51.7 Å². The van der Waals surface area contributed by atoms with Crippen LogP contribution in [0.1, 0.15) is 49.8 Å². The molecule has 2 unspecified atom stereocenters. The van der Waals surface area contributed by atoms with Crippen LogP contribution in [0.2, 0.25) is 0 Å². The molecule has 0 radical (unpaired) electrons. The van der Waals surface area contributed by atoms with Gasteiger partial charge in [0.2, 0.25) is 0 Å². The monoisotopic (exact) mass is 279 g/mol. The Labute approximate surface area is 120 Å². The van der Waals surface area contributed by atoms with Gasteiger partial charge >= 0.3 is 5.97 Å². The molecule has 3 N–H and O–H groups in total. The van der Waals surface area contributed by atoms with E-state index in [9.17, 15) is 9.90 Å². The third kappa shape index (κ3) is 5.72. The molecule has 1 aromatic carbocycles. The second kappa shape index (κ2) is 8.72. The van der Waals surface area contributed by atoms with Crippen LogP contribution in [0.25, 0.3) is 0 Å². The van der Waals surface area contributed by atoms with Crippen LogP contribution in [-0.2, 0) is 4.79 Å². The van der Waals surface area contributed by atoms with Crippen LogP contribution in [0, 0.1) is 6.92 Å². The van der Waals surface area contributed by atoms with Crippen LogP contribution < -0.4 is 5.32 Å². The van der Waals surface area contributed by atoms with Crippen LogP contribution in [0.5, 0.6) is 0 Å². The maximum atomic E-state index is 10.9. The first kappa shape index (κ1) is 16.7. The summed E-state index contributed by atoms with van der Waals surface area (Å²) in [7, 11) is 0. The highest BCUT2D eigenvalue weighted by atomic mass is 16.4. The molecular weight excluding hydrogens is 254 g/mol. The fourth-order valence-corrected chi connectivity index (χ4v) is 2.14. The van der Waals surface area contributed by atoms with E-state index in [0.29, 0.717) is 0 Å². The number of aliphatic carboxylic acids is 1. The van der Waals surface area contributed by atoms with Crippen molar-refractivity contribution in [2.24, 2.45) is 0 Å². The smallest absolute Gasteiger partial charge is 0.305 e. The number of rotatable bonds is 9. The number of carbonyl (C=O) groups is 1. The fourth-order valence-electron chi connectivity index (χ4n) is 2.14. The van der Waals surface area contributed by atoms with Crippen molar-refractivity contribution in [1.29, 1.82) is 0 Å². The highest BCUT2D eigenvalue weighted by molar-refractivity contribution is 5.67. The summed E-state index contributed by atoms with van der Waals surface area (Å²) >= 11 is 0. The van der Waals surface area contributed by atoms with Gasteiger partial charge in [-0.3, -0.25) is 4.79 Å². The van der Waals surface area contributed by atoms with E-state index >= 15 is 0 Å². The number of carboxylic acid groups (broad SMARTS) is 1. The minimum atomic E-state index is -0.899. The lowest BCUT2D eigenvalue weighted by Crippen LogP contribution is -2.37. The average molecular weight is 279 g/mol. The number of benzene rings is 1. The summed E-state index contributed by atoms with van der Waals surface area (Å²) in [5, 5.41) is 22.5. The maximum absolute atomic E-state index is 10.9. The molecule has 0 fully saturated rings. The molecule has 4 heteroatoms. The van der Waals surface area contributed by atoms with Gasteiger partial charge in [0.25, 0.3) is 0 Å². The molecule has 1 aromatic rings. The quantitative estimate of drug-likeness (QED) is 0.608. The molecule has 0 saturated heterocycles. The van der Waals surface area contributed by atoms with Gasteiger partial charge in [0.1, 0.15) is 0 Å². The molecule has 0 aliphatic carbocycles. The summed E-state index contributed by atoms with van der Waals surface area (Å²) in [6.07, 6.45) is 2.33. The highest BCUT2D eigenvalue weighted by Gasteiger charge is 2.22. The lowest BCUT2D eigenvalue weighted by atomic mass is 9.98. The van der Waals surface area contributed by atoms with Crippen LogP contribution in [-0.4, -0.2) is 28.8 Å². The molecular formula is C16H25NO3. The molecule has 0 bridgehead atoms. The molecule has 4 nitrogen and oxygen atoms in total. The summed E-state index contributed by atoms with van der Waals surface area (Å²) in [4.78, 5) is 10.9. The van der Waals surface area contributed by atoms with E-state index in [1.165, 1.54) is 0 Å². The molecule has 0 heterocycles. The molecule has 0 spiro atoms. The van der Waals surface area contributed by atoms with Gasteiger partial charge in [-0.25, -0.2) is 0 Å². The molecule has 112 valence electrons. The predicted octanol–water partition coefficient (Wildman–Crippen LogP) is 2.65. The van der Waals surface area contributed by atoms with Crippen LogP contribution in [0.3, 0.4) is 0 Å². The van der Waals surface area contributed by atoms with E-state index in [0.717, 1.165) is 36.9 Å². The number of aryl methyl sites for hydroxylation is 1. The molecule has 0 aliphatic rings. The van der Waals surface area contributed by atoms with Gasteiger partial charge in [0.05, 0.1) is 12.5 Å². The largest absolute Gasteiger partial charge is 0.481 e. The number of carboxylic acids is 1. The summed E-state index contributed by atoms with van der Waals surface area (Å²) in [5.74, 6) is -0.899. The molecule has 0 aromatic heterocycles. The van der Waals surface area contributed by atoms with Gasteiger partial charge in [-0.1, -0.05) is 49.6 Å². The summed E-state index contributed by atoms with van der Waals surface area (Å²) in [5.41, 5.74) is 1.87. The first-order valence-electron chi connectivity index (χ1n) is 7.24. The van der Waals surface area contributed by atoms with E-state index < -0.39 is 18.1 Å². The second-order valence-corrected chi connectivity index (χ2v) is 5.22. The van der Waals surface area contributed by atoms with Crippen LogP contribution in [0.4, 0.5) is 0 Å². The normalized spacial score (nSPS) is 13.9. The Kier molecular flexibility index (Phi) is 7.26. The number of aliphatic hydroxyl groups is 1. The third-order valence-electron chi connectivity index (χ3n) is 3.38. The number of hydrogen-bond acceptors (Lipinski definition) is 3. The van der Waals surface area contributed by atoms with E-state index in [2.05, 4.69) is 12.2 Å². The van der Waals surface area contributed by atoms with E-state index in [4.69, 9.17) is 5.11 Å². The predicted molar refractivity (Wildman–Crippen MR) is 79.7 cm³/mol. The zero-order valence-corrected chi connectivity index (χ0v) is 12.3. The highest BCUT2D eigenvalue weighted by Crippen LogP contribution is 2.19. The van der Waals surface area contributed by atoms with Crippen molar-refractivity contribution in [1.82, 2.24) is 5.32 Å². The SMILES string of the molecule is CCCCCNC(CC(=O)O)C(O)c1ccc(C)cc1. The Balaban J connectivity index is 2.65. The number of hydrogen-bond donors (Lipinski definition) is 3. The zero-order chi connectivity index (χ0) is 15.0. The lowest BCUT2D eigenvalue weighted by Gasteiger charge is -2.23. The fraction of sp³-hybridized carbons (Fsp3) is 0.562. The maximum Gasteiger partial charge on any atom is 0.305 e. The van der Waals surface area contributed by atoms with E-state index in [-0.39, 0.29) is 6.42 Å². The Morgan fingerprint density at radius 3 is 2.45 bits per heavy atom. The van der Waals surface area contributed by atoms with E-state index in [1.54, 1.807) is 0 Å². The minimum absolute atomic E-state index is 0.0822. The summed E-state index contributed by atoms with van der Waals surface area (Å²) in [6.45, 7) is 4.83. The Morgan fingerprint density at radius 2 is 1.90 bits per heavy atom. The zero-order valence-electron chi connectivity index (χ0n) is 12.3. The Hall–Kier alpha value is -1.39. The van der Waals surface area contributed by atoms with Crippen molar-refractivity contribution < 1.29 is 15.0 Å². The third-order valence-corrected chi connectivity index (χ3v) is 3.38. The molecule has 0 aliphatic heterocycles. The van der Waals surface area contributed by atoms with Crippen molar-refractivity contribution >= 4 is 5.97 Å². The first-order chi connectivity index (χ1) is 9.54. The van der Waals surface area contributed by atoms with Gasteiger partial charge < -0.3 is 15.5 Å². The molecule has 1 rings (SSSR count). The van der Waals surface area contributed by atoms with Crippen molar-refractivity contribution in [3.8, 4) is 0 Å². The van der Waals surface area contributed by atoms with Crippen molar-refractivity contribution in [2.75, 3.05) is 6.54 Å². The van der Waals surface area contributed by atoms with Crippen molar-refractivity contribution in [3.63, 3.8) is 0 Å². The average Bonchev–Trinajstić information content (AvgIpc) is 2.42. The first-order valence-corrected chi connectivity index (χ1v) is 7.24. The summed E-state index contributed by atoms with van der Waals surface area (Å²) in [6, 6.07) is 7.10. The van der Waals surface area contributed by atoms with E-state index in [1.807, 2.05) is 31.2 Å². The molecule has 0 saturated carbocycles. The van der Waals surface area contributed by atoms with Gasteiger partial charge in [-0.05, 0) is 25.5 Å². The summed E-state index contributed by atoms with van der Waals surface area (Å²) < 4.78 is 0. The molecule has 0 amide bonds. The van der Waals surface area contributed by atoms with Gasteiger partial charge in [0.15, 0.2) is 0 Å². The number of aliphatic hydroxyl groups excluding tert-OH is 1. The van der Waals surface area contributed by atoms with Crippen LogP contribution in [0.15, 0.2) is 24.3 Å².